The van der Waals surface area contributed by atoms with Crippen molar-refractivity contribution in [3.8, 4) is 22.8 Å². The fraction of sp³-hybridized carbons (Fsp3) is 0. The maximum Gasteiger partial charge on any atom is 0.167 e. The minimum Gasteiger partial charge on any atom is -0.452 e. The van der Waals surface area contributed by atoms with E-state index in [2.05, 4.69) is 10.1 Å². The summed E-state index contributed by atoms with van der Waals surface area (Å²) in [6.07, 6.45) is 3.52. The molecule has 0 aliphatic carbocycles. The molecule has 0 unspecified atom stereocenters. The van der Waals surface area contributed by atoms with Gasteiger partial charge < -0.3 is 10.5 Å². The van der Waals surface area contributed by atoms with Crippen LogP contribution in [0.2, 0.25) is 0 Å². The van der Waals surface area contributed by atoms with E-state index in [0.717, 1.165) is 16.8 Å². The molecule has 0 fully saturated rings. The van der Waals surface area contributed by atoms with Gasteiger partial charge in [0.25, 0.3) is 0 Å². The third kappa shape index (κ3) is 2.51. The molecule has 0 amide bonds. The first-order chi connectivity index (χ1) is 11.2. The minimum atomic E-state index is -0.512. The average Bonchev–Trinajstić information content (AvgIpc) is 3.20. The SMILES string of the molecule is Nc1ccc(Oc2cc(-c3cscn3)cn3nccc23)c(F)c1. The zero-order valence-electron chi connectivity index (χ0n) is 11.8. The number of nitrogens with two attached hydrogens (primary N) is 1. The standard InChI is InChI=1S/C16H11FN4OS/c17-12-6-11(18)1-2-15(12)22-16-5-10(13-8-23-9-19-13)7-21-14(16)3-4-20-21/h1-9H,18H2. The van der Waals surface area contributed by atoms with Crippen LogP contribution < -0.4 is 10.5 Å². The summed E-state index contributed by atoms with van der Waals surface area (Å²) in [6.45, 7) is 0. The number of fused-ring (bicyclic) bond motifs is 1. The number of hydrogen-bond acceptors (Lipinski definition) is 5. The van der Waals surface area contributed by atoms with E-state index in [-0.39, 0.29) is 5.75 Å². The predicted molar refractivity (Wildman–Crippen MR) is 87.2 cm³/mol. The normalized spacial score (nSPS) is 11.0. The molecule has 1 aromatic carbocycles. The summed E-state index contributed by atoms with van der Waals surface area (Å²) in [5.74, 6) is 0.0936. The third-order valence-corrected chi connectivity index (χ3v) is 3.96. The predicted octanol–water partition coefficient (Wildman–Crippen LogP) is 3.97. The van der Waals surface area contributed by atoms with Crippen molar-refractivity contribution in [2.24, 2.45) is 0 Å². The molecule has 5 nitrogen and oxygen atoms in total. The molecule has 0 saturated heterocycles. The third-order valence-electron chi connectivity index (χ3n) is 3.37. The fourth-order valence-corrected chi connectivity index (χ4v) is 2.85. The summed E-state index contributed by atoms with van der Waals surface area (Å²) in [4.78, 5) is 4.29. The van der Waals surface area contributed by atoms with Crippen molar-refractivity contribution in [2.75, 3.05) is 5.73 Å². The summed E-state index contributed by atoms with van der Waals surface area (Å²) >= 11 is 1.50. The van der Waals surface area contributed by atoms with Crippen LogP contribution in [0.5, 0.6) is 11.5 Å². The van der Waals surface area contributed by atoms with Crippen LogP contribution in [0.1, 0.15) is 0 Å². The second-order valence-corrected chi connectivity index (χ2v) is 5.64. The van der Waals surface area contributed by atoms with Gasteiger partial charge >= 0.3 is 0 Å². The highest BCUT2D eigenvalue weighted by molar-refractivity contribution is 7.07. The van der Waals surface area contributed by atoms with E-state index in [1.165, 1.54) is 23.5 Å². The molecule has 0 atom stereocenters. The van der Waals surface area contributed by atoms with Gasteiger partial charge in [0.05, 0.1) is 17.4 Å². The molecule has 0 aliphatic heterocycles. The van der Waals surface area contributed by atoms with Crippen LogP contribution in [0.3, 0.4) is 0 Å². The Labute approximate surface area is 134 Å². The Hall–Kier alpha value is -2.93. The lowest BCUT2D eigenvalue weighted by atomic mass is 10.2. The zero-order valence-corrected chi connectivity index (χ0v) is 12.6. The minimum absolute atomic E-state index is 0.109. The molecule has 0 radical (unpaired) electrons. The summed E-state index contributed by atoms with van der Waals surface area (Å²) in [5, 5.41) is 6.16. The summed E-state index contributed by atoms with van der Waals surface area (Å²) < 4.78 is 21.4. The second kappa shape index (κ2) is 5.36. The highest BCUT2D eigenvalue weighted by atomic mass is 32.1. The lowest BCUT2D eigenvalue weighted by Crippen LogP contribution is -1.95. The molecular formula is C16H11FN4OS. The van der Waals surface area contributed by atoms with Crippen LogP contribution in [0.15, 0.2) is 53.6 Å². The molecule has 3 aromatic heterocycles. The van der Waals surface area contributed by atoms with Gasteiger partial charge in [-0.25, -0.2) is 13.9 Å². The Kier molecular flexibility index (Phi) is 3.20. The molecule has 0 bridgehead atoms. The van der Waals surface area contributed by atoms with Gasteiger partial charge in [-0.1, -0.05) is 0 Å². The molecular weight excluding hydrogens is 315 g/mol. The van der Waals surface area contributed by atoms with E-state index in [9.17, 15) is 4.39 Å². The van der Waals surface area contributed by atoms with Crippen molar-refractivity contribution in [2.45, 2.75) is 0 Å². The highest BCUT2D eigenvalue weighted by Crippen LogP contribution is 2.32. The maximum atomic E-state index is 14.0. The smallest absolute Gasteiger partial charge is 0.167 e. The van der Waals surface area contributed by atoms with Crippen molar-refractivity contribution in [3.05, 3.63) is 59.4 Å². The molecule has 7 heteroatoms. The number of nitrogens with zero attached hydrogens (tertiary/aromatic N) is 3. The number of aromatic nitrogens is 3. The van der Waals surface area contributed by atoms with Gasteiger partial charge in [0.2, 0.25) is 0 Å². The highest BCUT2D eigenvalue weighted by Gasteiger charge is 2.12. The zero-order chi connectivity index (χ0) is 15.8. The molecule has 2 N–H and O–H groups in total. The monoisotopic (exact) mass is 326 g/mol. The van der Waals surface area contributed by atoms with Crippen LogP contribution in [-0.4, -0.2) is 14.6 Å². The van der Waals surface area contributed by atoms with Gasteiger partial charge in [-0.2, -0.15) is 5.10 Å². The summed E-state index contributed by atoms with van der Waals surface area (Å²) in [5.41, 5.74) is 10.1. The van der Waals surface area contributed by atoms with Crippen LogP contribution in [0.25, 0.3) is 16.8 Å². The Balaban J connectivity index is 1.83. The topological polar surface area (TPSA) is 65.4 Å². The van der Waals surface area contributed by atoms with E-state index >= 15 is 0 Å². The lowest BCUT2D eigenvalue weighted by Gasteiger charge is -2.10. The number of rotatable bonds is 3. The largest absolute Gasteiger partial charge is 0.452 e. The Morgan fingerprint density at radius 1 is 1.17 bits per heavy atom. The van der Waals surface area contributed by atoms with E-state index in [1.54, 1.807) is 28.4 Å². The first kappa shape index (κ1) is 13.7. The molecule has 3 heterocycles. The Morgan fingerprint density at radius 3 is 2.87 bits per heavy atom. The van der Waals surface area contributed by atoms with Gasteiger partial charge in [-0.05, 0) is 24.3 Å². The number of thiazole rings is 1. The van der Waals surface area contributed by atoms with Gasteiger partial charge in [-0.15, -0.1) is 11.3 Å². The molecule has 4 aromatic rings. The fourth-order valence-electron chi connectivity index (χ4n) is 2.29. The van der Waals surface area contributed by atoms with Crippen LogP contribution in [-0.2, 0) is 0 Å². The molecule has 0 saturated carbocycles. The summed E-state index contributed by atoms with van der Waals surface area (Å²) in [6, 6.07) is 7.95. The quantitative estimate of drug-likeness (QED) is 0.579. The average molecular weight is 326 g/mol. The van der Waals surface area contributed by atoms with Crippen LogP contribution in [0.4, 0.5) is 10.1 Å². The number of halogens is 1. The lowest BCUT2D eigenvalue weighted by molar-refractivity contribution is 0.445. The molecule has 0 aliphatic rings. The molecule has 4 rings (SSSR count). The van der Waals surface area contributed by atoms with Crippen molar-refractivity contribution < 1.29 is 9.13 Å². The second-order valence-electron chi connectivity index (χ2n) is 4.92. The number of nitrogen functional groups attached to an aromatic ring is 1. The van der Waals surface area contributed by atoms with Crippen molar-refractivity contribution >= 4 is 22.5 Å². The van der Waals surface area contributed by atoms with Gasteiger partial charge in [-0.3, -0.25) is 0 Å². The summed E-state index contributed by atoms with van der Waals surface area (Å²) in [7, 11) is 0. The van der Waals surface area contributed by atoms with Crippen LogP contribution >= 0.6 is 11.3 Å². The number of benzene rings is 1. The maximum absolute atomic E-state index is 14.0. The van der Waals surface area contributed by atoms with E-state index in [1.807, 2.05) is 17.6 Å². The molecule has 114 valence electrons. The Morgan fingerprint density at radius 2 is 2.09 bits per heavy atom. The van der Waals surface area contributed by atoms with Gasteiger partial charge in [0.15, 0.2) is 17.3 Å². The van der Waals surface area contributed by atoms with Gasteiger partial charge in [0.1, 0.15) is 5.52 Å². The van der Waals surface area contributed by atoms with Gasteiger partial charge in [0, 0.05) is 28.9 Å². The Bertz CT molecular complexity index is 981. The first-order valence-corrected chi connectivity index (χ1v) is 7.74. The van der Waals surface area contributed by atoms with Crippen LogP contribution in [0, 0.1) is 5.82 Å². The van der Waals surface area contributed by atoms with Crippen molar-refractivity contribution in [3.63, 3.8) is 0 Å². The number of ether oxygens (including phenoxy) is 1. The van der Waals surface area contributed by atoms with Crippen molar-refractivity contribution in [1.29, 1.82) is 0 Å². The molecule has 23 heavy (non-hydrogen) atoms. The van der Waals surface area contributed by atoms with E-state index in [0.29, 0.717) is 11.4 Å². The van der Waals surface area contributed by atoms with E-state index < -0.39 is 5.82 Å². The first-order valence-electron chi connectivity index (χ1n) is 6.79. The molecule has 0 spiro atoms. The number of pyridine rings is 1. The number of anilines is 1. The van der Waals surface area contributed by atoms with E-state index in [4.69, 9.17) is 10.5 Å². The number of hydrogen-bond donors (Lipinski definition) is 1. The van der Waals surface area contributed by atoms with Crippen molar-refractivity contribution in [1.82, 2.24) is 14.6 Å².